The Kier molecular flexibility index (Phi) is 3.62. The molecule has 0 saturated carbocycles. The summed E-state index contributed by atoms with van der Waals surface area (Å²) in [5.41, 5.74) is 2.84. The number of nitrogens with zero attached hydrogens (tertiary/aromatic N) is 2. The van der Waals surface area contributed by atoms with Crippen LogP contribution in [0.2, 0.25) is 0 Å². The topological polar surface area (TPSA) is 90.3 Å². The molecule has 2 rings (SSSR count). The second-order valence-electron chi connectivity index (χ2n) is 4.29. The standard InChI is InChI=1S/C14H11N3O3/c1-9-7-12(18)17(14(20)11(9)8-15)16-13(19)10-5-3-2-4-6-10/h2-6H,7H2,1H3,(H,16,19). The van der Waals surface area contributed by atoms with Crippen molar-refractivity contribution in [1.29, 1.82) is 5.26 Å². The molecule has 1 N–H and O–H groups in total. The molecular formula is C14H11N3O3. The second-order valence-corrected chi connectivity index (χ2v) is 4.29. The van der Waals surface area contributed by atoms with Crippen molar-refractivity contribution in [2.45, 2.75) is 13.3 Å². The Morgan fingerprint density at radius 3 is 2.55 bits per heavy atom. The molecule has 6 nitrogen and oxygen atoms in total. The van der Waals surface area contributed by atoms with Crippen LogP contribution < -0.4 is 5.43 Å². The molecule has 0 fully saturated rings. The molecule has 1 aromatic carbocycles. The molecule has 0 aromatic heterocycles. The van der Waals surface area contributed by atoms with Crippen molar-refractivity contribution < 1.29 is 14.4 Å². The number of hydrazine groups is 1. The molecule has 0 aliphatic carbocycles. The van der Waals surface area contributed by atoms with Gasteiger partial charge in [0.15, 0.2) is 0 Å². The molecular weight excluding hydrogens is 258 g/mol. The minimum Gasteiger partial charge on any atom is -0.272 e. The molecule has 0 bridgehead atoms. The maximum atomic E-state index is 12.0. The van der Waals surface area contributed by atoms with E-state index in [4.69, 9.17) is 5.26 Å². The van der Waals surface area contributed by atoms with Crippen LogP contribution in [-0.4, -0.2) is 22.7 Å². The number of carbonyl (C=O) groups excluding carboxylic acids is 3. The SMILES string of the molecule is CC1=C(C#N)C(=O)N(NC(=O)c2ccccc2)C(=O)C1. The number of benzene rings is 1. The fraction of sp³-hybridized carbons (Fsp3) is 0.143. The average molecular weight is 269 g/mol. The Morgan fingerprint density at radius 2 is 1.95 bits per heavy atom. The molecule has 1 aliphatic rings. The number of amides is 3. The molecule has 0 unspecified atom stereocenters. The summed E-state index contributed by atoms with van der Waals surface area (Å²) in [6.45, 7) is 1.55. The number of hydrogen-bond acceptors (Lipinski definition) is 4. The van der Waals surface area contributed by atoms with E-state index in [-0.39, 0.29) is 12.0 Å². The fourth-order valence-corrected chi connectivity index (χ4v) is 1.81. The molecule has 1 heterocycles. The molecule has 0 spiro atoms. The van der Waals surface area contributed by atoms with Crippen molar-refractivity contribution in [3.63, 3.8) is 0 Å². The summed E-state index contributed by atoms with van der Waals surface area (Å²) in [7, 11) is 0. The summed E-state index contributed by atoms with van der Waals surface area (Å²) in [5.74, 6) is -1.94. The second kappa shape index (κ2) is 5.36. The van der Waals surface area contributed by atoms with Gasteiger partial charge in [0.2, 0.25) is 0 Å². The molecule has 100 valence electrons. The third-order valence-electron chi connectivity index (χ3n) is 2.87. The Labute approximate surface area is 115 Å². The van der Waals surface area contributed by atoms with E-state index >= 15 is 0 Å². The van der Waals surface area contributed by atoms with Gasteiger partial charge in [-0.25, -0.2) is 0 Å². The van der Waals surface area contributed by atoms with Crippen LogP contribution in [0.15, 0.2) is 41.5 Å². The van der Waals surface area contributed by atoms with E-state index in [9.17, 15) is 14.4 Å². The van der Waals surface area contributed by atoms with E-state index in [1.807, 2.05) is 0 Å². The monoisotopic (exact) mass is 269 g/mol. The Balaban J connectivity index is 2.22. The van der Waals surface area contributed by atoms with Crippen molar-refractivity contribution in [3.05, 3.63) is 47.0 Å². The normalized spacial score (nSPS) is 15.1. The van der Waals surface area contributed by atoms with Gasteiger partial charge < -0.3 is 0 Å². The highest BCUT2D eigenvalue weighted by Crippen LogP contribution is 2.18. The molecule has 1 aliphatic heterocycles. The molecule has 3 amide bonds. The highest BCUT2D eigenvalue weighted by atomic mass is 16.2. The van der Waals surface area contributed by atoms with Crippen molar-refractivity contribution in [1.82, 2.24) is 10.4 Å². The van der Waals surface area contributed by atoms with Gasteiger partial charge in [0.1, 0.15) is 11.6 Å². The highest BCUT2D eigenvalue weighted by Gasteiger charge is 2.33. The van der Waals surface area contributed by atoms with E-state index < -0.39 is 17.7 Å². The molecule has 6 heteroatoms. The third-order valence-corrected chi connectivity index (χ3v) is 2.87. The Hall–Kier alpha value is -2.94. The van der Waals surface area contributed by atoms with Crippen LogP contribution in [0.5, 0.6) is 0 Å². The van der Waals surface area contributed by atoms with Crippen LogP contribution in [0, 0.1) is 11.3 Å². The van der Waals surface area contributed by atoms with Gasteiger partial charge in [-0.3, -0.25) is 19.8 Å². The van der Waals surface area contributed by atoms with Gasteiger partial charge >= 0.3 is 0 Å². The van der Waals surface area contributed by atoms with E-state index in [0.717, 1.165) is 0 Å². The summed E-state index contributed by atoms with van der Waals surface area (Å²) < 4.78 is 0. The lowest BCUT2D eigenvalue weighted by Crippen LogP contribution is -2.52. The number of nitrogens with one attached hydrogen (secondary N) is 1. The molecule has 20 heavy (non-hydrogen) atoms. The third kappa shape index (κ3) is 2.42. The van der Waals surface area contributed by atoms with Crippen molar-refractivity contribution in [2.24, 2.45) is 0 Å². The first-order chi connectivity index (χ1) is 9.54. The lowest BCUT2D eigenvalue weighted by atomic mass is 10.0. The quantitative estimate of drug-likeness (QED) is 0.809. The summed E-state index contributed by atoms with van der Waals surface area (Å²) in [6, 6.07) is 9.94. The van der Waals surface area contributed by atoms with Gasteiger partial charge in [0, 0.05) is 5.56 Å². The number of nitriles is 1. The zero-order valence-electron chi connectivity index (χ0n) is 10.7. The summed E-state index contributed by atoms with van der Waals surface area (Å²) in [6.07, 6.45) is -0.0658. The number of carbonyl (C=O) groups is 3. The first-order valence-electron chi connectivity index (χ1n) is 5.87. The minimum atomic E-state index is -0.800. The highest BCUT2D eigenvalue weighted by molar-refractivity contribution is 6.12. The van der Waals surface area contributed by atoms with Crippen molar-refractivity contribution in [2.75, 3.05) is 0 Å². The maximum absolute atomic E-state index is 12.0. The van der Waals surface area contributed by atoms with E-state index in [2.05, 4.69) is 5.43 Å². The van der Waals surface area contributed by atoms with E-state index in [0.29, 0.717) is 16.1 Å². The van der Waals surface area contributed by atoms with Crippen LogP contribution in [-0.2, 0) is 9.59 Å². The van der Waals surface area contributed by atoms with Gasteiger partial charge in [-0.05, 0) is 24.6 Å². The predicted octanol–water partition coefficient (Wildman–Crippen LogP) is 0.930. The first-order valence-corrected chi connectivity index (χ1v) is 5.87. The van der Waals surface area contributed by atoms with Gasteiger partial charge in [0.25, 0.3) is 17.7 Å². The number of hydrogen-bond donors (Lipinski definition) is 1. The van der Waals surface area contributed by atoms with E-state index in [1.165, 1.54) is 0 Å². The smallest absolute Gasteiger partial charge is 0.272 e. The van der Waals surface area contributed by atoms with Crippen LogP contribution in [0.25, 0.3) is 0 Å². The summed E-state index contributed by atoms with van der Waals surface area (Å²) >= 11 is 0. The zero-order chi connectivity index (χ0) is 14.7. The van der Waals surface area contributed by atoms with Crippen LogP contribution in [0.4, 0.5) is 0 Å². The minimum absolute atomic E-state index is 0.0658. The van der Waals surface area contributed by atoms with Crippen LogP contribution in [0.1, 0.15) is 23.7 Å². The largest absolute Gasteiger partial charge is 0.290 e. The lowest BCUT2D eigenvalue weighted by molar-refractivity contribution is -0.145. The summed E-state index contributed by atoms with van der Waals surface area (Å²) in [5, 5.41) is 9.51. The zero-order valence-corrected chi connectivity index (χ0v) is 10.7. The fourth-order valence-electron chi connectivity index (χ4n) is 1.81. The van der Waals surface area contributed by atoms with Gasteiger partial charge in [0.05, 0.1) is 6.42 Å². The van der Waals surface area contributed by atoms with Crippen molar-refractivity contribution in [3.8, 4) is 6.07 Å². The number of imide groups is 1. The maximum Gasteiger partial charge on any atom is 0.290 e. The first kappa shape index (κ1) is 13.5. The molecule has 0 radical (unpaired) electrons. The van der Waals surface area contributed by atoms with Gasteiger partial charge in [-0.1, -0.05) is 18.2 Å². The van der Waals surface area contributed by atoms with Gasteiger partial charge in [-0.2, -0.15) is 10.3 Å². The Bertz CT molecular complexity index is 656. The lowest BCUT2D eigenvalue weighted by Gasteiger charge is -2.25. The van der Waals surface area contributed by atoms with Crippen LogP contribution >= 0.6 is 0 Å². The van der Waals surface area contributed by atoms with Crippen molar-refractivity contribution >= 4 is 17.7 Å². The average Bonchev–Trinajstić information content (AvgIpc) is 2.44. The molecule has 0 saturated heterocycles. The summed E-state index contributed by atoms with van der Waals surface area (Å²) in [4.78, 5) is 35.7. The predicted molar refractivity (Wildman–Crippen MR) is 68.7 cm³/mol. The molecule has 1 aromatic rings. The number of rotatable bonds is 2. The van der Waals surface area contributed by atoms with E-state index in [1.54, 1.807) is 43.3 Å². The molecule has 0 atom stereocenters. The van der Waals surface area contributed by atoms with Crippen LogP contribution in [0.3, 0.4) is 0 Å². The van der Waals surface area contributed by atoms with Gasteiger partial charge in [-0.15, -0.1) is 0 Å². The Morgan fingerprint density at radius 1 is 1.30 bits per heavy atom.